The zero-order valence-electron chi connectivity index (χ0n) is 12.4. The van der Waals surface area contributed by atoms with Gasteiger partial charge in [-0.05, 0) is 55.6 Å². The summed E-state index contributed by atoms with van der Waals surface area (Å²) < 4.78 is 18.5. The second-order valence-electron chi connectivity index (χ2n) is 5.12. The predicted molar refractivity (Wildman–Crippen MR) is 84.0 cm³/mol. The highest BCUT2D eigenvalue weighted by Gasteiger charge is 1.97. The van der Waals surface area contributed by atoms with E-state index in [1.165, 1.54) is 17.7 Å². The van der Waals surface area contributed by atoms with Gasteiger partial charge < -0.3 is 10.1 Å². The third kappa shape index (κ3) is 5.56. The quantitative estimate of drug-likeness (QED) is 0.739. The van der Waals surface area contributed by atoms with Crippen LogP contribution in [0, 0.1) is 12.7 Å². The monoisotopic (exact) mass is 287 g/mol. The highest BCUT2D eigenvalue weighted by Crippen LogP contribution is 2.16. The van der Waals surface area contributed by atoms with E-state index < -0.39 is 0 Å². The summed E-state index contributed by atoms with van der Waals surface area (Å²) in [5.41, 5.74) is 2.28. The molecule has 0 radical (unpaired) electrons. The number of aryl methyl sites for hydroxylation is 1. The van der Waals surface area contributed by atoms with Crippen LogP contribution in [-0.4, -0.2) is 13.2 Å². The average Bonchev–Trinajstić information content (AvgIpc) is 2.50. The fraction of sp³-hybridized carbons (Fsp3) is 0.333. The van der Waals surface area contributed by atoms with Crippen LogP contribution in [-0.2, 0) is 6.54 Å². The van der Waals surface area contributed by atoms with Gasteiger partial charge in [0.15, 0.2) is 0 Å². The van der Waals surface area contributed by atoms with Crippen LogP contribution in [0.3, 0.4) is 0 Å². The third-order valence-electron chi connectivity index (χ3n) is 3.34. The van der Waals surface area contributed by atoms with E-state index in [0.717, 1.165) is 43.9 Å². The van der Waals surface area contributed by atoms with Crippen molar-refractivity contribution in [2.24, 2.45) is 0 Å². The summed E-state index contributed by atoms with van der Waals surface area (Å²) in [4.78, 5) is 0. The Labute approximate surface area is 126 Å². The molecule has 2 rings (SSSR count). The van der Waals surface area contributed by atoms with E-state index in [1.54, 1.807) is 0 Å². The highest BCUT2D eigenvalue weighted by atomic mass is 19.1. The highest BCUT2D eigenvalue weighted by molar-refractivity contribution is 5.31. The van der Waals surface area contributed by atoms with Crippen molar-refractivity contribution in [1.82, 2.24) is 5.32 Å². The van der Waals surface area contributed by atoms with Crippen LogP contribution in [0.1, 0.15) is 24.0 Å². The smallest absolute Gasteiger partial charge is 0.123 e. The lowest BCUT2D eigenvalue weighted by Gasteiger charge is -2.09. The Morgan fingerprint density at radius 2 is 1.76 bits per heavy atom. The first-order chi connectivity index (χ1) is 10.3. The van der Waals surface area contributed by atoms with E-state index in [1.807, 2.05) is 30.3 Å². The molecule has 1 N–H and O–H groups in total. The Hall–Kier alpha value is -1.87. The van der Waals surface area contributed by atoms with Crippen molar-refractivity contribution in [2.45, 2.75) is 26.3 Å². The van der Waals surface area contributed by atoms with Gasteiger partial charge in [0.05, 0.1) is 6.61 Å². The lowest BCUT2D eigenvalue weighted by molar-refractivity contribution is 0.304. The zero-order valence-corrected chi connectivity index (χ0v) is 12.4. The molecule has 112 valence electrons. The van der Waals surface area contributed by atoms with Gasteiger partial charge in [-0.15, -0.1) is 0 Å². The Bertz CT molecular complexity index is 539. The average molecular weight is 287 g/mol. The van der Waals surface area contributed by atoms with E-state index in [2.05, 4.69) is 18.3 Å². The molecule has 0 atom stereocenters. The first-order valence-electron chi connectivity index (χ1n) is 7.39. The van der Waals surface area contributed by atoms with Crippen molar-refractivity contribution in [3.8, 4) is 5.75 Å². The predicted octanol–water partition coefficient (Wildman–Crippen LogP) is 4.08. The first kappa shape index (κ1) is 15.5. The fourth-order valence-corrected chi connectivity index (χ4v) is 2.09. The summed E-state index contributed by atoms with van der Waals surface area (Å²) in [7, 11) is 0. The molecule has 2 aromatic rings. The molecule has 0 unspecified atom stereocenters. The van der Waals surface area contributed by atoms with E-state index in [9.17, 15) is 4.39 Å². The van der Waals surface area contributed by atoms with E-state index in [0.29, 0.717) is 0 Å². The van der Waals surface area contributed by atoms with Crippen molar-refractivity contribution >= 4 is 0 Å². The van der Waals surface area contributed by atoms with Crippen molar-refractivity contribution in [2.75, 3.05) is 13.2 Å². The molecule has 0 aliphatic heterocycles. The Balaban J connectivity index is 1.54. The van der Waals surface area contributed by atoms with Gasteiger partial charge in [0, 0.05) is 6.54 Å². The Morgan fingerprint density at radius 1 is 1.00 bits per heavy atom. The molecule has 0 saturated carbocycles. The molecule has 0 aliphatic rings. The van der Waals surface area contributed by atoms with E-state index >= 15 is 0 Å². The van der Waals surface area contributed by atoms with Gasteiger partial charge in [-0.1, -0.05) is 30.3 Å². The van der Waals surface area contributed by atoms with Crippen molar-refractivity contribution in [3.05, 3.63) is 65.5 Å². The van der Waals surface area contributed by atoms with Gasteiger partial charge in [-0.3, -0.25) is 0 Å². The van der Waals surface area contributed by atoms with Crippen LogP contribution in [0.15, 0.2) is 48.5 Å². The van der Waals surface area contributed by atoms with Crippen LogP contribution >= 0.6 is 0 Å². The van der Waals surface area contributed by atoms with Crippen LogP contribution in [0.25, 0.3) is 0 Å². The van der Waals surface area contributed by atoms with E-state index in [-0.39, 0.29) is 5.82 Å². The molecular formula is C18H22FNO. The maximum atomic E-state index is 12.7. The zero-order chi connectivity index (χ0) is 14.9. The number of halogens is 1. The molecule has 0 saturated heterocycles. The lowest BCUT2D eigenvalue weighted by Crippen LogP contribution is -2.15. The molecular weight excluding hydrogens is 265 g/mol. The fourth-order valence-electron chi connectivity index (χ4n) is 2.09. The van der Waals surface area contributed by atoms with Crippen molar-refractivity contribution in [3.63, 3.8) is 0 Å². The molecule has 2 aromatic carbocycles. The normalized spacial score (nSPS) is 10.6. The largest absolute Gasteiger partial charge is 0.493 e. The summed E-state index contributed by atoms with van der Waals surface area (Å²) in [6.07, 6.45) is 2.08. The van der Waals surface area contributed by atoms with Gasteiger partial charge in [0.25, 0.3) is 0 Å². The number of hydrogen-bond donors (Lipinski definition) is 1. The molecule has 0 spiro atoms. The summed E-state index contributed by atoms with van der Waals surface area (Å²) in [6, 6.07) is 14.7. The molecule has 0 bridgehead atoms. The number of hydrogen-bond acceptors (Lipinski definition) is 2. The molecule has 0 fully saturated rings. The van der Waals surface area contributed by atoms with Crippen LogP contribution in [0.2, 0.25) is 0 Å². The van der Waals surface area contributed by atoms with Gasteiger partial charge in [-0.2, -0.15) is 0 Å². The SMILES string of the molecule is Cc1ccccc1OCCCCNCc1ccc(F)cc1. The number of benzene rings is 2. The molecule has 0 heterocycles. The molecule has 0 aromatic heterocycles. The maximum absolute atomic E-state index is 12.7. The summed E-state index contributed by atoms with van der Waals surface area (Å²) in [5.74, 6) is 0.781. The molecule has 3 heteroatoms. The standard InChI is InChI=1S/C18H22FNO/c1-15-6-2-3-7-18(15)21-13-5-4-12-20-14-16-8-10-17(19)11-9-16/h2-3,6-11,20H,4-5,12-14H2,1H3. The van der Waals surface area contributed by atoms with Crippen molar-refractivity contribution < 1.29 is 9.13 Å². The van der Waals surface area contributed by atoms with Gasteiger partial charge >= 0.3 is 0 Å². The number of para-hydroxylation sites is 1. The Morgan fingerprint density at radius 3 is 2.52 bits per heavy atom. The van der Waals surface area contributed by atoms with Crippen LogP contribution in [0.5, 0.6) is 5.75 Å². The number of ether oxygens (including phenoxy) is 1. The number of unbranched alkanes of at least 4 members (excludes halogenated alkanes) is 1. The van der Waals surface area contributed by atoms with Crippen LogP contribution < -0.4 is 10.1 Å². The first-order valence-corrected chi connectivity index (χ1v) is 7.39. The number of nitrogens with one attached hydrogen (secondary N) is 1. The van der Waals surface area contributed by atoms with Crippen molar-refractivity contribution in [1.29, 1.82) is 0 Å². The minimum atomic E-state index is -0.188. The summed E-state index contributed by atoms with van der Waals surface area (Å²) >= 11 is 0. The topological polar surface area (TPSA) is 21.3 Å². The number of rotatable bonds is 8. The molecule has 2 nitrogen and oxygen atoms in total. The lowest BCUT2D eigenvalue weighted by atomic mass is 10.2. The minimum Gasteiger partial charge on any atom is -0.493 e. The second kappa shape index (κ2) is 8.42. The van der Waals surface area contributed by atoms with Crippen LogP contribution in [0.4, 0.5) is 4.39 Å². The Kier molecular flexibility index (Phi) is 6.22. The van der Waals surface area contributed by atoms with Gasteiger partial charge in [-0.25, -0.2) is 4.39 Å². The maximum Gasteiger partial charge on any atom is 0.123 e. The third-order valence-corrected chi connectivity index (χ3v) is 3.34. The summed E-state index contributed by atoms with van der Waals surface area (Å²) in [5, 5.41) is 3.35. The molecule has 0 amide bonds. The van der Waals surface area contributed by atoms with Gasteiger partial charge in [0.2, 0.25) is 0 Å². The van der Waals surface area contributed by atoms with Gasteiger partial charge in [0.1, 0.15) is 11.6 Å². The summed E-state index contributed by atoms with van der Waals surface area (Å²) in [6.45, 7) is 4.51. The minimum absolute atomic E-state index is 0.188. The molecule has 21 heavy (non-hydrogen) atoms. The molecule has 0 aliphatic carbocycles. The van der Waals surface area contributed by atoms with E-state index in [4.69, 9.17) is 4.74 Å². The second-order valence-corrected chi connectivity index (χ2v) is 5.12.